The van der Waals surface area contributed by atoms with Crippen LogP contribution in [0.15, 0.2) is 0 Å². The summed E-state index contributed by atoms with van der Waals surface area (Å²) < 4.78 is 0. The van der Waals surface area contributed by atoms with Crippen molar-refractivity contribution in [3.8, 4) is 0 Å². The fourth-order valence-corrected chi connectivity index (χ4v) is 1.81. The summed E-state index contributed by atoms with van der Waals surface area (Å²) in [5.41, 5.74) is 5.90. The summed E-state index contributed by atoms with van der Waals surface area (Å²) in [5.74, 6) is 1.63. The molecular weight excluding hydrogens is 172 g/mol. The Balaban J connectivity index is 2.25. The second-order valence-corrected chi connectivity index (χ2v) is 5.04. The van der Waals surface area contributed by atoms with Gasteiger partial charge in [0.25, 0.3) is 0 Å². The van der Waals surface area contributed by atoms with Crippen LogP contribution in [0.4, 0.5) is 0 Å². The highest BCUT2D eigenvalue weighted by molar-refractivity contribution is 4.79. The summed E-state index contributed by atoms with van der Waals surface area (Å²) in [6.07, 6.45) is 4.16. The van der Waals surface area contributed by atoms with Crippen molar-refractivity contribution in [3.63, 3.8) is 0 Å². The van der Waals surface area contributed by atoms with Crippen LogP contribution in [0.3, 0.4) is 0 Å². The highest BCUT2D eigenvalue weighted by Gasteiger charge is 2.24. The van der Waals surface area contributed by atoms with Crippen LogP contribution in [-0.2, 0) is 0 Å². The zero-order valence-corrected chi connectivity index (χ0v) is 10.00. The Morgan fingerprint density at radius 1 is 1.36 bits per heavy atom. The van der Waals surface area contributed by atoms with E-state index in [0.717, 1.165) is 5.92 Å². The maximum Gasteiger partial charge on any atom is 0.00483 e. The van der Waals surface area contributed by atoms with Crippen molar-refractivity contribution in [3.05, 3.63) is 0 Å². The monoisotopic (exact) mass is 198 g/mol. The van der Waals surface area contributed by atoms with E-state index in [1.165, 1.54) is 38.9 Å². The van der Waals surface area contributed by atoms with E-state index in [9.17, 15) is 0 Å². The van der Waals surface area contributed by atoms with Crippen LogP contribution in [0.2, 0.25) is 0 Å². The van der Waals surface area contributed by atoms with Crippen molar-refractivity contribution in [2.24, 2.45) is 17.6 Å². The van der Waals surface area contributed by atoms with Gasteiger partial charge in [0.05, 0.1) is 0 Å². The van der Waals surface area contributed by atoms with Crippen molar-refractivity contribution >= 4 is 0 Å². The first-order valence-corrected chi connectivity index (χ1v) is 6.11. The Morgan fingerprint density at radius 2 is 2.00 bits per heavy atom. The molecule has 0 aromatic heterocycles. The molecule has 2 nitrogen and oxygen atoms in total. The average molecular weight is 198 g/mol. The van der Waals surface area contributed by atoms with Gasteiger partial charge in [-0.05, 0) is 44.6 Å². The molecule has 0 aliphatic heterocycles. The van der Waals surface area contributed by atoms with E-state index in [2.05, 4.69) is 25.7 Å². The van der Waals surface area contributed by atoms with Crippen LogP contribution >= 0.6 is 0 Å². The Hall–Kier alpha value is -0.0800. The van der Waals surface area contributed by atoms with Crippen LogP contribution < -0.4 is 5.73 Å². The molecule has 1 saturated carbocycles. The molecule has 0 bridgehead atoms. The number of rotatable bonds is 7. The fraction of sp³-hybridized carbons (Fsp3) is 1.00. The van der Waals surface area contributed by atoms with Gasteiger partial charge in [0.1, 0.15) is 0 Å². The topological polar surface area (TPSA) is 29.3 Å². The molecule has 2 N–H and O–H groups in total. The van der Waals surface area contributed by atoms with Crippen LogP contribution in [0.25, 0.3) is 0 Å². The summed E-state index contributed by atoms with van der Waals surface area (Å²) in [6.45, 7) is 10.4. The van der Waals surface area contributed by atoms with E-state index in [4.69, 9.17) is 5.73 Å². The van der Waals surface area contributed by atoms with Crippen molar-refractivity contribution in [2.75, 3.05) is 19.6 Å². The van der Waals surface area contributed by atoms with Crippen LogP contribution in [-0.4, -0.2) is 30.6 Å². The molecule has 2 unspecified atom stereocenters. The van der Waals surface area contributed by atoms with Gasteiger partial charge in [-0.15, -0.1) is 0 Å². The summed E-state index contributed by atoms with van der Waals surface area (Å²) in [6, 6.07) is 0.327. The SMILES string of the molecule is CCCN(CC1CC1)CC(C)C(C)N. The molecule has 2 heteroatoms. The molecule has 0 spiro atoms. The van der Waals surface area contributed by atoms with Crippen LogP contribution in [0.1, 0.15) is 40.0 Å². The quantitative estimate of drug-likeness (QED) is 0.679. The Labute approximate surface area is 88.8 Å². The van der Waals surface area contributed by atoms with Crippen molar-refractivity contribution in [1.82, 2.24) is 4.90 Å². The minimum Gasteiger partial charge on any atom is -0.328 e. The molecule has 84 valence electrons. The lowest BCUT2D eigenvalue weighted by Gasteiger charge is -2.27. The summed E-state index contributed by atoms with van der Waals surface area (Å²) in [7, 11) is 0. The fourth-order valence-electron chi connectivity index (χ4n) is 1.81. The lowest BCUT2D eigenvalue weighted by Crippen LogP contribution is -2.37. The summed E-state index contributed by atoms with van der Waals surface area (Å²) >= 11 is 0. The Kier molecular flexibility index (Phi) is 4.90. The molecule has 1 rings (SSSR count). The molecule has 0 radical (unpaired) electrons. The number of nitrogens with two attached hydrogens (primary N) is 1. The van der Waals surface area contributed by atoms with Crippen molar-refractivity contribution in [1.29, 1.82) is 0 Å². The standard InChI is InChI=1S/C12H26N2/c1-4-7-14(9-12-5-6-12)8-10(2)11(3)13/h10-12H,4-9,13H2,1-3H3. The first kappa shape index (κ1) is 12.0. The van der Waals surface area contributed by atoms with Gasteiger partial charge < -0.3 is 10.6 Å². The third kappa shape index (κ3) is 4.43. The second-order valence-electron chi connectivity index (χ2n) is 5.04. The molecule has 1 aliphatic carbocycles. The average Bonchev–Trinajstić information content (AvgIpc) is 2.88. The Bertz CT molecular complexity index is 152. The predicted molar refractivity (Wildman–Crippen MR) is 62.3 cm³/mol. The maximum atomic E-state index is 5.90. The number of nitrogens with zero attached hydrogens (tertiary/aromatic N) is 1. The second kappa shape index (κ2) is 5.72. The highest BCUT2D eigenvalue weighted by Crippen LogP contribution is 2.30. The van der Waals surface area contributed by atoms with Crippen molar-refractivity contribution in [2.45, 2.75) is 46.1 Å². The predicted octanol–water partition coefficient (Wildman–Crippen LogP) is 2.09. The van der Waals surface area contributed by atoms with Gasteiger partial charge in [0.2, 0.25) is 0 Å². The minimum atomic E-state index is 0.327. The minimum absolute atomic E-state index is 0.327. The van der Waals surface area contributed by atoms with E-state index in [0.29, 0.717) is 12.0 Å². The van der Waals surface area contributed by atoms with E-state index in [1.807, 2.05) is 0 Å². The molecule has 2 atom stereocenters. The van der Waals surface area contributed by atoms with Crippen LogP contribution in [0.5, 0.6) is 0 Å². The van der Waals surface area contributed by atoms with Gasteiger partial charge in [-0.2, -0.15) is 0 Å². The van der Waals surface area contributed by atoms with Gasteiger partial charge in [-0.25, -0.2) is 0 Å². The molecule has 1 fully saturated rings. The number of hydrogen-bond acceptors (Lipinski definition) is 2. The molecule has 0 amide bonds. The van der Waals surface area contributed by atoms with Crippen LogP contribution in [0, 0.1) is 11.8 Å². The smallest absolute Gasteiger partial charge is 0.00483 e. The number of hydrogen-bond donors (Lipinski definition) is 1. The lowest BCUT2D eigenvalue weighted by molar-refractivity contribution is 0.217. The van der Waals surface area contributed by atoms with Gasteiger partial charge in [0, 0.05) is 19.1 Å². The molecule has 0 aromatic rings. The zero-order valence-electron chi connectivity index (χ0n) is 10.00. The molecule has 1 aliphatic rings. The van der Waals surface area contributed by atoms with E-state index in [-0.39, 0.29) is 0 Å². The normalized spacial score (nSPS) is 21.2. The van der Waals surface area contributed by atoms with Crippen molar-refractivity contribution < 1.29 is 0 Å². The molecule has 0 saturated heterocycles. The molecule has 14 heavy (non-hydrogen) atoms. The van der Waals surface area contributed by atoms with Gasteiger partial charge in [-0.1, -0.05) is 13.8 Å². The lowest BCUT2D eigenvalue weighted by atomic mass is 10.0. The Morgan fingerprint density at radius 3 is 2.43 bits per heavy atom. The summed E-state index contributed by atoms with van der Waals surface area (Å²) in [4.78, 5) is 2.60. The van der Waals surface area contributed by atoms with Gasteiger partial charge in [0.15, 0.2) is 0 Å². The van der Waals surface area contributed by atoms with Gasteiger partial charge in [-0.3, -0.25) is 0 Å². The largest absolute Gasteiger partial charge is 0.328 e. The highest BCUT2D eigenvalue weighted by atomic mass is 15.1. The maximum absolute atomic E-state index is 5.90. The third-order valence-corrected chi connectivity index (χ3v) is 3.20. The van der Waals surface area contributed by atoms with Gasteiger partial charge >= 0.3 is 0 Å². The van der Waals surface area contributed by atoms with E-state index in [1.54, 1.807) is 0 Å². The molecule has 0 aromatic carbocycles. The zero-order chi connectivity index (χ0) is 10.6. The first-order valence-electron chi connectivity index (χ1n) is 6.11. The molecule has 0 heterocycles. The third-order valence-electron chi connectivity index (χ3n) is 3.20. The van der Waals surface area contributed by atoms with E-state index < -0.39 is 0 Å². The molecular formula is C12H26N2. The first-order chi connectivity index (χ1) is 6.63. The summed E-state index contributed by atoms with van der Waals surface area (Å²) in [5, 5.41) is 0. The van der Waals surface area contributed by atoms with E-state index >= 15 is 0 Å².